The lowest BCUT2D eigenvalue weighted by Gasteiger charge is -2.18. The molecule has 0 unspecified atom stereocenters. The zero-order chi connectivity index (χ0) is 13.9. The number of anilines is 1. The summed E-state index contributed by atoms with van der Waals surface area (Å²) in [6, 6.07) is 11.3. The summed E-state index contributed by atoms with van der Waals surface area (Å²) in [6.07, 6.45) is 2.83. The first-order valence-electron chi connectivity index (χ1n) is 6.50. The summed E-state index contributed by atoms with van der Waals surface area (Å²) in [5.74, 6) is 0.550. The summed E-state index contributed by atoms with van der Waals surface area (Å²) in [5, 5.41) is 8.58. The van der Waals surface area contributed by atoms with Gasteiger partial charge in [-0.15, -0.1) is 0 Å². The molecule has 2 N–H and O–H groups in total. The molecule has 20 heavy (non-hydrogen) atoms. The van der Waals surface area contributed by atoms with Crippen molar-refractivity contribution in [2.24, 2.45) is 0 Å². The number of rotatable bonds is 3. The van der Waals surface area contributed by atoms with E-state index in [9.17, 15) is 4.79 Å². The zero-order valence-corrected chi connectivity index (χ0v) is 10.9. The summed E-state index contributed by atoms with van der Waals surface area (Å²) in [5.41, 5.74) is 4.46. The summed E-state index contributed by atoms with van der Waals surface area (Å²) < 4.78 is 0. The fourth-order valence-electron chi connectivity index (χ4n) is 2.47. The van der Waals surface area contributed by atoms with Crippen LogP contribution in [-0.4, -0.2) is 22.6 Å². The minimum absolute atomic E-state index is 0.441. The van der Waals surface area contributed by atoms with Gasteiger partial charge in [-0.1, -0.05) is 18.2 Å². The normalized spacial score (nSPS) is 13.2. The van der Waals surface area contributed by atoms with E-state index in [2.05, 4.69) is 16.0 Å². The van der Waals surface area contributed by atoms with Crippen molar-refractivity contribution < 1.29 is 10.0 Å². The molecule has 0 bridgehead atoms. The average molecular weight is 269 g/mol. The van der Waals surface area contributed by atoms with Crippen molar-refractivity contribution in [3.05, 3.63) is 59.3 Å². The van der Waals surface area contributed by atoms with Crippen LogP contribution in [0, 0.1) is 0 Å². The third-order valence-corrected chi connectivity index (χ3v) is 3.51. The minimum Gasteiger partial charge on any atom is -0.352 e. The van der Waals surface area contributed by atoms with Gasteiger partial charge in [-0.2, -0.15) is 0 Å². The van der Waals surface area contributed by atoms with Gasteiger partial charge in [-0.25, -0.2) is 10.5 Å². The first kappa shape index (κ1) is 12.6. The Morgan fingerprint density at radius 1 is 1.30 bits per heavy atom. The number of hydrogen-bond donors (Lipinski definition) is 2. The zero-order valence-electron chi connectivity index (χ0n) is 10.9. The fourth-order valence-corrected chi connectivity index (χ4v) is 2.47. The van der Waals surface area contributed by atoms with Crippen LogP contribution in [0.5, 0.6) is 0 Å². The van der Waals surface area contributed by atoms with Crippen LogP contribution in [0.4, 0.5) is 5.82 Å². The lowest BCUT2D eigenvalue weighted by molar-refractivity contribution is 0.0706. The smallest absolute Gasteiger partial charge is 0.274 e. The Morgan fingerprint density at radius 3 is 2.85 bits per heavy atom. The monoisotopic (exact) mass is 269 g/mol. The molecule has 5 nitrogen and oxygen atoms in total. The fraction of sp³-hybridized carbons (Fsp3) is 0.200. The summed E-state index contributed by atoms with van der Waals surface area (Å²) in [6.45, 7) is 1.73. The molecular formula is C15H15N3O2. The van der Waals surface area contributed by atoms with Crippen LogP contribution in [0.15, 0.2) is 42.6 Å². The highest BCUT2D eigenvalue weighted by Gasteiger charge is 2.19. The quantitative estimate of drug-likeness (QED) is 0.658. The molecule has 2 aromatic rings. The highest BCUT2D eigenvalue weighted by atomic mass is 16.5. The van der Waals surface area contributed by atoms with Crippen LogP contribution in [-0.2, 0) is 13.0 Å². The molecule has 0 fully saturated rings. The van der Waals surface area contributed by atoms with E-state index < -0.39 is 5.91 Å². The minimum atomic E-state index is -0.496. The molecule has 5 heteroatoms. The lowest BCUT2D eigenvalue weighted by atomic mass is 10.1. The second kappa shape index (κ2) is 5.30. The van der Waals surface area contributed by atoms with Crippen molar-refractivity contribution in [2.75, 3.05) is 11.4 Å². The number of fused-ring (bicyclic) bond motifs is 1. The maximum absolute atomic E-state index is 11.3. The molecule has 102 valence electrons. The second-order valence-electron chi connectivity index (χ2n) is 4.80. The lowest BCUT2D eigenvalue weighted by Crippen LogP contribution is -2.21. The largest absolute Gasteiger partial charge is 0.352 e. The Kier molecular flexibility index (Phi) is 3.35. The maximum Gasteiger partial charge on any atom is 0.274 e. The predicted octanol–water partition coefficient (Wildman–Crippen LogP) is 1.76. The first-order chi connectivity index (χ1) is 9.78. The number of carbonyl (C=O) groups excluding carboxylic acids is 1. The van der Waals surface area contributed by atoms with Crippen molar-refractivity contribution in [2.45, 2.75) is 13.0 Å². The van der Waals surface area contributed by atoms with Gasteiger partial charge in [0.15, 0.2) is 0 Å². The Labute approximate surface area is 116 Å². The first-order valence-corrected chi connectivity index (χ1v) is 6.50. The molecule has 0 atom stereocenters. The van der Waals surface area contributed by atoms with E-state index in [0.717, 1.165) is 30.9 Å². The van der Waals surface area contributed by atoms with Crippen LogP contribution in [0.2, 0.25) is 0 Å². The number of nitrogens with zero attached hydrogens (tertiary/aromatic N) is 2. The number of benzene rings is 1. The molecular weight excluding hydrogens is 254 g/mol. The Morgan fingerprint density at radius 2 is 2.10 bits per heavy atom. The topological polar surface area (TPSA) is 65.5 Å². The van der Waals surface area contributed by atoms with E-state index >= 15 is 0 Å². The van der Waals surface area contributed by atoms with Gasteiger partial charge < -0.3 is 4.90 Å². The number of aromatic nitrogens is 1. The molecule has 0 saturated heterocycles. The second-order valence-corrected chi connectivity index (χ2v) is 4.80. The van der Waals surface area contributed by atoms with E-state index in [1.54, 1.807) is 17.6 Å². The van der Waals surface area contributed by atoms with Gasteiger partial charge in [-0.05, 0) is 35.7 Å². The summed E-state index contributed by atoms with van der Waals surface area (Å²) in [4.78, 5) is 17.9. The van der Waals surface area contributed by atoms with Crippen LogP contribution in [0.3, 0.4) is 0 Å². The highest BCUT2D eigenvalue weighted by molar-refractivity contribution is 5.93. The molecule has 1 aliphatic rings. The van der Waals surface area contributed by atoms with Gasteiger partial charge >= 0.3 is 0 Å². The molecule has 0 spiro atoms. The van der Waals surface area contributed by atoms with Crippen LogP contribution in [0.25, 0.3) is 0 Å². The molecule has 1 aromatic heterocycles. The van der Waals surface area contributed by atoms with Crippen molar-refractivity contribution >= 4 is 11.7 Å². The van der Waals surface area contributed by atoms with Gasteiger partial charge in [0.1, 0.15) is 5.82 Å². The number of pyridine rings is 1. The third-order valence-electron chi connectivity index (χ3n) is 3.51. The molecule has 0 aliphatic carbocycles. The molecule has 2 heterocycles. The maximum atomic E-state index is 11.3. The van der Waals surface area contributed by atoms with Crippen LogP contribution >= 0.6 is 0 Å². The summed E-state index contributed by atoms with van der Waals surface area (Å²) in [7, 11) is 0. The Bertz CT molecular complexity index is 625. The predicted molar refractivity (Wildman–Crippen MR) is 74.7 cm³/mol. The van der Waals surface area contributed by atoms with Crippen LogP contribution in [0.1, 0.15) is 21.5 Å². The third kappa shape index (κ3) is 2.35. The molecule has 1 aliphatic heterocycles. The van der Waals surface area contributed by atoms with Crippen molar-refractivity contribution in [3.63, 3.8) is 0 Å². The van der Waals surface area contributed by atoms with Gasteiger partial charge in [-0.3, -0.25) is 10.0 Å². The van der Waals surface area contributed by atoms with Gasteiger partial charge in [0.2, 0.25) is 0 Å². The van der Waals surface area contributed by atoms with E-state index in [0.29, 0.717) is 5.56 Å². The number of hydroxylamine groups is 1. The van der Waals surface area contributed by atoms with Crippen molar-refractivity contribution in [1.82, 2.24) is 10.5 Å². The summed E-state index contributed by atoms with van der Waals surface area (Å²) >= 11 is 0. The number of carbonyl (C=O) groups is 1. The number of amides is 1. The van der Waals surface area contributed by atoms with Gasteiger partial charge in [0.05, 0.1) is 0 Å². The molecule has 0 saturated carbocycles. The van der Waals surface area contributed by atoms with E-state index in [1.807, 2.05) is 24.4 Å². The molecule has 3 rings (SSSR count). The molecule has 0 radical (unpaired) electrons. The SMILES string of the molecule is O=C(NO)c1ccc(CN2CCc3cccnc32)cc1. The van der Waals surface area contributed by atoms with Gasteiger partial charge in [0, 0.05) is 24.8 Å². The Hall–Kier alpha value is -2.40. The standard InChI is InChI=1S/C15H15N3O2/c19-15(17-20)13-5-3-11(4-6-13)10-18-9-7-12-2-1-8-16-14(12)18/h1-6,8,20H,7,9-10H2,(H,17,19). The van der Waals surface area contributed by atoms with E-state index in [1.165, 1.54) is 5.56 Å². The van der Waals surface area contributed by atoms with Crippen molar-refractivity contribution in [3.8, 4) is 0 Å². The van der Waals surface area contributed by atoms with Gasteiger partial charge in [0.25, 0.3) is 5.91 Å². The van der Waals surface area contributed by atoms with Crippen molar-refractivity contribution in [1.29, 1.82) is 0 Å². The molecule has 1 aromatic carbocycles. The molecule has 1 amide bonds. The van der Waals surface area contributed by atoms with E-state index in [4.69, 9.17) is 5.21 Å². The number of nitrogens with one attached hydrogen (secondary N) is 1. The Balaban J connectivity index is 1.75. The van der Waals surface area contributed by atoms with Crippen LogP contribution < -0.4 is 10.4 Å². The average Bonchev–Trinajstić information content (AvgIpc) is 2.91. The van der Waals surface area contributed by atoms with E-state index in [-0.39, 0.29) is 0 Å². The number of hydrogen-bond acceptors (Lipinski definition) is 4. The highest BCUT2D eigenvalue weighted by Crippen LogP contribution is 2.26.